The number of nitriles is 1. The SMILES string of the molecule is N#C[C@@H]1CCCN1C(=O)CNC1C2=C(CCc3cccnc31)CC(Cl)C=C2. The van der Waals surface area contributed by atoms with Gasteiger partial charge in [-0.15, -0.1) is 11.6 Å². The monoisotopic (exact) mass is 382 g/mol. The van der Waals surface area contributed by atoms with Crippen molar-refractivity contribution in [3.05, 3.63) is 52.9 Å². The van der Waals surface area contributed by atoms with E-state index < -0.39 is 0 Å². The third-order valence-electron chi connectivity index (χ3n) is 5.72. The predicted molar refractivity (Wildman–Crippen MR) is 104 cm³/mol. The third-order valence-corrected chi connectivity index (χ3v) is 6.02. The molecule has 1 amide bonds. The molecule has 2 unspecified atom stereocenters. The maximum atomic E-state index is 12.7. The van der Waals surface area contributed by atoms with Crippen molar-refractivity contribution in [2.24, 2.45) is 0 Å². The Morgan fingerprint density at radius 1 is 1.44 bits per heavy atom. The second-order valence-corrected chi connectivity index (χ2v) is 7.93. The first kappa shape index (κ1) is 18.2. The average molecular weight is 383 g/mol. The molecule has 3 atom stereocenters. The van der Waals surface area contributed by atoms with Crippen molar-refractivity contribution in [2.75, 3.05) is 13.1 Å². The van der Waals surface area contributed by atoms with Gasteiger partial charge in [-0.3, -0.25) is 15.1 Å². The molecule has 0 radical (unpaired) electrons. The molecule has 0 spiro atoms. The number of rotatable bonds is 3. The molecule has 1 N–H and O–H groups in total. The van der Waals surface area contributed by atoms with Gasteiger partial charge in [0.15, 0.2) is 0 Å². The van der Waals surface area contributed by atoms with Crippen LogP contribution in [0.2, 0.25) is 0 Å². The zero-order chi connectivity index (χ0) is 18.8. The molecule has 1 fully saturated rings. The lowest BCUT2D eigenvalue weighted by molar-refractivity contribution is -0.130. The van der Waals surface area contributed by atoms with E-state index in [0.717, 1.165) is 37.8 Å². The molecule has 140 valence electrons. The topological polar surface area (TPSA) is 69.0 Å². The molecule has 1 aromatic heterocycles. The summed E-state index contributed by atoms with van der Waals surface area (Å²) in [5.74, 6) is -0.0158. The number of allylic oxidation sites excluding steroid dienone is 2. The van der Waals surface area contributed by atoms with E-state index in [4.69, 9.17) is 11.6 Å². The molecule has 1 aliphatic heterocycles. The number of hydrogen-bond donors (Lipinski definition) is 1. The molecule has 3 aliphatic rings. The van der Waals surface area contributed by atoms with E-state index in [0.29, 0.717) is 6.54 Å². The molecule has 0 bridgehead atoms. The molecule has 1 saturated heterocycles. The number of fused-ring (bicyclic) bond motifs is 1. The van der Waals surface area contributed by atoms with Crippen molar-refractivity contribution in [3.63, 3.8) is 0 Å². The van der Waals surface area contributed by atoms with Gasteiger partial charge in [0, 0.05) is 12.7 Å². The smallest absolute Gasteiger partial charge is 0.237 e. The molecular formula is C21H23ClN4O. The van der Waals surface area contributed by atoms with Crippen molar-refractivity contribution < 1.29 is 4.79 Å². The van der Waals surface area contributed by atoms with Crippen LogP contribution in [0.1, 0.15) is 43.0 Å². The molecule has 1 aromatic rings. The number of amides is 1. The van der Waals surface area contributed by atoms with Gasteiger partial charge in [0.05, 0.1) is 29.7 Å². The Morgan fingerprint density at radius 2 is 2.33 bits per heavy atom. The molecule has 2 heterocycles. The van der Waals surface area contributed by atoms with Crippen LogP contribution in [0.15, 0.2) is 41.6 Å². The number of aromatic nitrogens is 1. The average Bonchev–Trinajstić information content (AvgIpc) is 3.11. The summed E-state index contributed by atoms with van der Waals surface area (Å²) in [4.78, 5) is 19.0. The van der Waals surface area contributed by atoms with Crippen molar-refractivity contribution in [1.29, 1.82) is 5.26 Å². The fourth-order valence-electron chi connectivity index (χ4n) is 4.35. The molecule has 27 heavy (non-hydrogen) atoms. The highest BCUT2D eigenvalue weighted by Gasteiger charge is 2.31. The first-order valence-corrected chi connectivity index (χ1v) is 10.0. The number of halogens is 1. The summed E-state index contributed by atoms with van der Waals surface area (Å²) in [6.07, 6.45) is 10.3. The van der Waals surface area contributed by atoms with Gasteiger partial charge >= 0.3 is 0 Å². The number of aryl methyl sites for hydroxylation is 1. The summed E-state index contributed by atoms with van der Waals surface area (Å²) >= 11 is 6.35. The molecule has 4 rings (SSSR count). The van der Waals surface area contributed by atoms with Crippen LogP contribution < -0.4 is 5.32 Å². The lowest BCUT2D eigenvalue weighted by atomic mass is 9.90. The molecule has 2 aliphatic carbocycles. The van der Waals surface area contributed by atoms with Crippen LogP contribution in [-0.2, 0) is 11.2 Å². The Hall–Kier alpha value is -2.16. The lowest BCUT2D eigenvalue weighted by Crippen LogP contribution is -2.42. The summed E-state index contributed by atoms with van der Waals surface area (Å²) in [6.45, 7) is 0.869. The maximum Gasteiger partial charge on any atom is 0.237 e. The zero-order valence-electron chi connectivity index (χ0n) is 15.2. The van der Waals surface area contributed by atoms with Gasteiger partial charge < -0.3 is 4.90 Å². The maximum absolute atomic E-state index is 12.7. The minimum absolute atomic E-state index is 0.0158. The number of nitrogens with one attached hydrogen (secondary N) is 1. The fraction of sp³-hybridized carbons (Fsp3) is 0.476. The molecule has 0 saturated carbocycles. The van der Waals surface area contributed by atoms with Crippen LogP contribution in [0.5, 0.6) is 0 Å². The number of carbonyl (C=O) groups excluding carboxylic acids is 1. The second-order valence-electron chi connectivity index (χ2n) is 7.37. The zero-order valence-corrected chi connectivity index (χ0v) is 16.0. The Bertz CT molecular complexity index is 841. The Balaban J connectivity index is 1.58. The number of carbonyl (C=O) groups is 1. The summed E-state index contributed by atoms with van der Waals surface area (Å²) < 4.78 is 0. The van der Waals surface area contributed by atoms with Gasteiger partial charge in [0.1, 0.15) is 6.04 Å². The van der Waals surface area contributed by atoms with E-state index in [-0.39, 0.29) is 29.9 Å². The lowest BCUT2D eigenvalue weighted by Gasteiger charge is -2.26. The first-order valence-electron chi connectivity index (χ1n) is 9.58. The highest BCUT2D eigenvalue weighted by molar-refractivity contribution is 6.22. The van der Waals surface area contributed by atoms with Crippen LogP contribution in [0.4, 0.5) is 0 Å². The van der Waals surface area contributed by atoms with Crippen LogP contribution in [0, 0.1) is 11.3 Å². The van der Waals surface area contributed by atoms with Crippen LogP contribution in [0.3, 0.4) is 0 Å². The number of nitrogens with zero attached hydrogens (tertiary/aromatic N) is 3. The van der Waals surface area contributed by atoms with Gasteiger partial charge in [-0.25, -0.2) is 0 Å². The number of alkyl halides is 1. The van der Waals surface area contributed by atoms with Crippen molar-refractivity contribution in [2.45, 2.75) is 49.6 Å². The van der Waals surface area contributed by atoms with Gasteiger partial charge in [0.25, 0.3) is 0 Å². The predicted octanol–water partition coefficient (Wildman–Crippen LogP) is 3.04. The summed E-state index contributed by atoms with van der Waals surface area (Å²) in [6, 6.07) is 5.91. The number of pyridine rings is 1. The standard InChI is InChI=1S/C21H23ClN4O/c22-16-7-8-18-15(11-16)6-5-14-3-1-9-24-20(14)21(18)25-13-19(27)26-10-2-4-17(26)12-23/h1,3,7-9,16-17,21,25H,2,4-6,10-11,13H2/t16?,17-,21?/m0/s1. The summed E-state index contributed by atoms with van der Waals surface area (Å²) in [5, 5.41) is 12.7. The first-order chi connectivity index (χ1) is 13.2. The second kappa shape index (κ2) is 7.84. The Morgan fingerprint density at radius 3 is 3.19 bits per heavy atom. The van der Waals surface area contributed by atoms with E-state index in [1.807, 2.05) is 18.3 Å². The third kappa shape index (κ3) is 3.65. The van der Waals surface area contributed by atoms with Crippen molar-refractivity contribution in [1.82, 2.24) is 15.2 Å². The van der Waals surface area contributed by atoms with Crippen molar-refractivity contribution in [3.8, 4) is 6.07 Å². The highest BCUT2D eigenvalue weighted by Crippen LogP contribution is 2.37. The summed E-state index contributed by atoms with van der Waals surface area (Å²) in [5.41, 5.74) is 4.74. The van der Waals surface area contributed by atoms with Crippen LogP contribution in [-0.4, -0.2) is 40.3 Å². The largest absolute Gasteiger partial charge is 0.326 e. The van der Waals surface area contributed by atoms with Crippen LogP contribution >= 0.6 is 11.6 Å². The molecule has 5 nitrogen and oxygen atoms in total. The van der Waals surface area contributed by atoms with E-state index in [9.17, 15) is 10.1 Å². The quantitative estimate of drug-likeness (QED) is 0.816. The molecule has 6 heteroatoms. The van der Waals surface area contributed by atoms with Crippen molar-refractivity contribution >= 4 is 17.5 Å². The van der Waals surface area contributed by atoms with Gasteiger partial charge in [-0.05, 0) is 49.3 Å². The Labute approximate surface area is 164 Å². The molecule has 0 aromatic carbocycles. The van der Waals surface area contributed by atoms with E-state index in [2.05, 4.69) is 28.5 Å². The minimum Gasteiger partial charge on any atom is -0.326 e. The minimum atomic E-state index is -0.291. The van der Waals surface area contributed by atoms with Gasteiger partial charge in [-0.2, -0.15) is 5.26 Å². The van der Waals surface area contributed by atoms with E-state index in [1.54, 1.807) is 4.90 Å². The normalized spacial score (nSPS) is 27.0. The number of likely N-dealkylation sites (tertiary alicyclic amines) is 1. The fourth-order valence-corrected chi connectivity index (χ4v) is 4.60. The van der Waals surface area contributed by atoms with Crippen LogP contribution in [0.25, 0.3) is 0 Å². The number of hydrogen-bond acceptors (Lipinski definition) is 4. The Kier molecular flexibility index (Phi) is 5.29. The van der Waals surface area contributed by atoms with E-state index in [1.165, 1.54) is 16.7 Å². The van der Waals surface area contributed by atoms with E-state index >= 15 is 0 Å². The van der Waals surface area contributed by atoms with Gasteiger partial charge in [-0.1, -0.05) is 23.8 Å². The highest BCUT2D eigenvalue weighted by atomic mass is 35.5. The summed E-state index contributed by atoms with van der Waals surface area (Å²) in [7, 11) is 0. The van der Waals surface area contributed by atoms with Gasteiger partial charge in [0.2, 0.25) is 5.91 Å². The molecular weight excluding hydrogens is 360 g/mol.